The van der Waals surface area contributed by atoms with E-state index in [1.165, 1.54) is 12.1 Å². The van der Waals surface area contributed by atoms with E-state index in [1.54, 1.807) is 12.1 Å². The lowest BCUT2D eigenvalue weighted by molar-refractivity contribution is -0.147. The van der Waals surface area contributed by atoms with Crippen molar-refractivity contribution in [3.8, 4) is 5.75 Å². The van der Waals surface area contributed by atoms with Crippen LogP contribution in [0.1, 0.15) is 24.8 Å². The molecule has 1 saturated heterocycles. The molecule has 1 aromatic carbocycles. The van der Waals surface area contributed by atoms with Crippen molar-refractivity contribution in [2.24, 2.45) is 0 Å². The number of hydrogen-bond acceptors (Lipinski definition) is 6. The van der Waals surface area contributed by atoms with Crippen molar-refractivity contribution in [1.29, 1.82) is 0 Å². The highest BCUT2D eigenvalue weighted by Gasteiger charge is 2.30. The molecule has 10 heteroatoms. The molecule has 1 aliphatic heterocycles. The maximum absolute atomic E-state index is 12.6. The van der Waals surface area contributed by atoms with Crippen molar-refractivity contribution < 1.29 is 34.5 Å². The van der Waals surface area contributed by atoms with E-state index in [1.807, 2.05) is 0 Å². The summed E-state index contributed by atoms with van der Waals surface area (Å²) in [4.78, 5) is 47.0. The molecule has 0 radical (unpaired) electrons. The van der Waals surface area contributed by atoms with Gasteiger partial charge >= 0.3 is 11.9 Å². The van der Waals surface area contributed by atoms with E-state index in [0.29, 0.717) is 18.5 Å². The molecule has 1 aromatic rings. The second kappa shape index (κ2) is 9.70. The molecule has 0 aliphatic carbocycles. The number of carbonyl (C=O) groups excluding carboxylic acids is 2. The van der Waals surface area contributed by atoms with Gasteiger partial charge < -0.3 is 31.3 Å². The minimum absolute atomic E-state index is 0.0383. The summed E-state index contributed by atoms with van der Waals surface area (Å²) >= 11 is 0. The number of phenolic OH excluding ortho intramolecular Hbond substituents is 1. The third-order valence-electron chi connectivity index (χ3n) is 4.38. The molecule has 1 aliphatic rings. The largest absolute Gasteiger partial charge is 0.508 e. The molecule has 152 valence electrons. The molecule has 6 N–H and O–H groups in total. The SMILES string of the molecule is O=C(O)C[C@H](NC(=O)[C@H](Cc1ccc(O)cc1)NC(=O)[C@@H]1CCCN1)C(=O)O. The van der Waals surface area contributed by atoms with Crippen LogP contribution in [-0.4, -0.2) is 63.7 Å². The lowest BCUT2D eigenvalue weighted by atomic mass is 10.0. The fraction of sp³-hybridized carbons (Fsp3) is 0.444. The van der Waals surface area contributed by atoms with Crippen LogP contribution in [0.3, 0.4) is 0 Å². The third-order valence-corrected chi connectivity index (χ3v) is 4.38. The average molecular weight is 393 g/mol. The molecule has 2 rings (SSSR count). The Bertz CT molecular complexity index is 729. The molecule has 28 heavy (non-hydrogen) atoms. The van der Waals surface area contributed by atoms with E-state index in [2.05, 4.69) is 16.0 Å². The van der Waals surface area contributed by atoms with Crippen LogP contribution in [0, 0.1) is 0 Å². The predicted molar refractivity (Wildman–Crippen MR) is 96.6 cm³/mol. The van der Waals surface area contributed by atoms with Crippen LogP contribution >= 0.6 is 0 Å². The van der Waals surface area contributed by atoms with Gasteiger partial charge in [0, 0.05) is 6.42 Å². The maximum atomic E-state index is 12.6. The van der Waals surface area contributed by atoms with E-state index in [-0.39, 0.29) is 18.1 Å². The lowest BCUT2D eigenvalue weighted by Gasteiger charge is -2.22. The van der Waals surface area contributed by atoms with Gasteiger partial charge in [-0.1, -0.05) is 12.1 Å². The third kappa shape index (κ3) is 6.23. The van der Waals surface area contributed by atoms with E-state index in [9.17, 15) is 24.3 Å². The van der Waals surface area contributed by atoms with Crippen molar-refractivity contribution in [1.82, 2.24) is 16.0 Å². The molecule has 1 heterocycles. The zero-order valence-electron chi connectivity index (χ0n) is 15.1. The number of amides is 2. The first kappa shape index (κ1) is 21.2. The summed E-state index contributed by atoms with van der Waals surface area (Å²) in [6, 6.07) is 2.83. The second-order valence-electron chi connectivity index (χ2n) is 6.58. The second-order valence-corrected chi connectivity index (χ2v) is 6.58. The zero-order chi connectivity index (χ0) is 20.7. The molecular weight excluding hydrogens is 370 g/mol. The van der Waals surface area contributed by atoms with Crippen molar-refractivity contribution in [2.45, 2.75) is 43.8 Å². The van der Waals surface area contributed by atoms with Gasteiger partial charge in [-0.25, -0.2) is 4.79 Å². The molecule has 3 atom stereocenters. The number of carboxylic acids is 2. The Hall–Kier alpha value is -3.14. The van der Waals surface area contributed by atoms with Crippen LogP contribution in [-0.2, 0) is 25.6 Å². The summed E-state index contributed by atoms with van der Waals surface area (Å²) in [7, 11) is 0. The van der Waals surface area contributed by atoms with Crippen LogP contribution in [0.25, 0.3) is 0 Å². The van der Waals surface area contributed by atoms with Crippen LogP contribution in [0.5, 0.6) is 5.75 Å². The van der Waals surface area contributed by atoms with E-state index < -0.39 is 42.4 Å². The fourth-order valence-corrected chi connectivity index (χ4v) is 2.90. The summed E-state index contributed by atoms with van der Waals surface area (Å²) in [6.45, 7) is 0.687. The Morgan fingerprint density at radius 1 is 1.07 bits per heavy atom. The predicted octanol–water partition coefficient (Wildman–Crippen LogP) is -0.784. The van der Waals surface area contributed by atoms with E-state index >= 15 is 0 Å². The summed E-state index contributed by atoms with van der Waals surface area (Å²) < 4.78 is 0. The topological polar surface area (TPSA) is 165 Å². The Kier molecular flexibility index (Phi) is 7.33. The number of aliphatic carboxylic acids is 2. The quantitative estimate of drug-likeness (QED) is 0.318. The maximum Gasteiger partial charge on any atom is 0.326 e. The van der Waals surface area contributed by atoms with Gasteiger partial charge in [0.15, 0.2) is 0 Å². The van der Waals surface area contributed by atoms with Crippen LogP contribution in [0.2, 0.25) is 0 Å². The molecule has 0 aromatic heterocycles. The number of hydrogen-bond donors (Lipinski definition) is 6. The first-order valence-corrected chi connectivity index (χ1v) is 8.83. The summed E-state index contributed by atoms with van der Waals surface area (Å²) in [5, 5.41) is 35.1. The molecule has 2 amide bonds. The van der Waals surface area contributed by atoms with Gasteiger partial charge in [-0.2, -0.15) is 0 Å². The Morgan fingerprint density at radius 3 is 2.29 bits per heavy atom. The van der Waals surface area contributed by atoms with Crippen molar-refractivity contribution in [3.63, 3.8) is 0 Å². The number of carboxylic acid groups (broad SMARTS) is 2. The summed E-state index contributed by atoms with van der Waals surface area (Å²) in [5.74, 6) is -4.00. The average Bonchev–Trinajstić information content (AvgIpc) is 3.16. The van der Waals surface area contributed by atoms with Crippen LogP contribution < -0.4 is 16.0 Å². The van der Waals surface area contributed by atoms with Crippen molar-refractivity contribution in [3.05, 3.63) is 29.8 Å². The van der Waals surface area contributed by atoms with Gasteiger partial charge in [0.05, 0.1) is 12.5 Å². The number of aromatic hydroxyl groups is 1. The zero-order valence-corrected chi connectivity index (χ0v) is 15.1. The number of nitrogens with one attached hydrogen (secondary N) is 3. The highest BCUT2D eigenvalue weighted by atomic mass is 16.4. The molecule has 1 fully saturated rings. The minimum Gasteiger partial charge on any atom is -0.508 e. The smallest absolute Gasteiger partial charge is 0.326 e. The van der Waals surface area contributed by atoms with Crippen molar-refractivity contribution >= 4 is 23.8 Å². The summed E-state index contributed by atoms with van der Waals surface area (Å²) in [5.41, 5.74) is 0.628. The van der Waals surface area contributed by atoms with E-state index in [0.717, 1.165) is 6.42 Å². The molecule has 10 nitrogen and oxygen atoms in total. The Labute approximate surface area is 160 Å². The Morgan fingerprint density at radius 2 is 1.75 bits per heavy atom. The lowest BCUT2D eigenvalue weighted by Crippen LogP contribution is -2.55. The minimum atomic E-state index is -1.62. The monoisotopic (exact) mass is 393 g/mol. The van der Waals surface area contributed by atoms with Crippen LogP contribution in [0.4, 0.5) is 0 Å². The van der Waals surface area contributed by atoms with E-state index in [4.69, 9.17) is 10.2 Å². The summed E-state index contributed by atoms with van der Waals surface area (Å²) in [6.07, 6.45) is 0.706. The highest BCUT2D eigenvalue weighted by Crippen LogP contribution is 2.12. The van der Waals surface area contributed by atoms with Crippen LogP contribution in [0.15, 0.2) is 24.3 Å². The first-order valence-electron chi connectivity index (χ1n) is 8.83. The fourth-order valence-electron chi connectivity index (χ4n) is 2.90. The first-order chi connectivity index (χ1) is 13.3. The standard InChI is InChI=1S/C18H23N3O7/c22-11-5-3-10(4-6-11)8-13(20-16(25)12-2-1-7-19-12)17(26)21-14(18(27)28)9-15(23)24/h3-6,12-14,19,22H,1-2,7-9H2,(H,20,25)(H,21,26)(H,23,24)(H,27,28)/t12-,13-,14-/m0/s1. The van der Waals surface area contributed by atoms with Gasteiger partial charge in [0.2, 0.25) is 11.8 Å². The van der Waals surface area contributed by atoms with Gasteiger partial charge in [0.25, 0.3) is 0 Å². The Balaban J connectivity index is 2.13. The molecular formula is C18H23N3O7. The number of phenols is 1. The molecule has 0 spiro atoms. The molecule has 0 bridgehead atoms. The molecule has 0 unspecified atom stereocenters. The van der Waals surface area contributed by atoms with Gasteiger partial charge in [0.1, 0.15) is 17.8 Å². The number of rotatable bonds is 9. The van der Waals surface area contributed by atoms with Gasteiger partial charge in [-0.05, 0) is 37.1 Å². The highest BCUT2D eigenvalue weighted by molar-refractivity contribution is 5.93. The van der Waals surface area contributed by atoms with Gasteiger partial charge in [-0.3, -0.25) is 14.4 Å². The normalized spacial score (nSPS) is 18.1. The molecule has 0 saturated carbocycles. The number of benzene rings is 1. The van der Waals surface area contributed by atoms with Crippen molar-refractivity contribution in [2.75, 3.05) is 6.54 Å². The van der Waals surface area contributed by atoms with Gasteiger partial charge in [-0.15, -0.1) is 0 Å². The number of carbonyl (C=O) groups is 4.